The van der Waals surface area contributed by atoms with Crippen molar-refractivity contribution in [3.63, 3.8) is 0 Å². The quantitative estimate of drug-likeness (QED) is 0.743. The zero-order valence-electron chi connectivity index (χ0n) is 17.1. The highest BCUT2D eigenvalue weighted by Gasteiger charge is 2.22. The number of piperidine rings is 1. The second-order valence-corrected chi connectivity index (χ2v) is 7.49. The molecule has 154 valence electrons. The van der Waals surface area contributed by atoms with Gasteiger partial charge in [0.1, 0.15) is 5.75 Å². The fourth-order valence-corrected chi connectivity index (χ4v) is 3.72. The van der Waals surface area contributed by atoms with Gasteiger partial charge in [-0.05, 0) is 68.4 Å². The van der Waals surface area contributed by atoms with Gasteiger partial charge in [0.05, 0.1) is 13.2 Å². The van der Waals surface area contributed by atoms with Gasteiger partial charge in [-0.2, -0.15) is 0 Å². The predicted molar refractivity (Wildman–Crippen MR) is 114 cm³/mol. The topological polar surface area (TPSA) is 58.6 Å². The molecule has 3 rings (SSSR count). The van der Waals surface area contributed by atoms with Gasteiger partial charge in [-0.15, -0.1) is 0 Å². The van der Waals surface area contributed by atoms with Crippen LogP contribution in [0.4, 0.5) is 0 Å². The summed E-state index contributed by atoms with van der Waals surface area (Å²) in [6.45, 7) is 4.28. The Bertz CT molecular complexity index is 782. The molecule has 1 aliphatic heterocycles. The van der Waals surface area contributed by atoms with Crippen LogP contribution in [-0.2, 0) is 11.2 Å². The van der Waals surface area contributed by atoms with E-state index in [2.05, 4.69) is 17.4 Å². The summed E-state index contributed by atoms with van der Waals surface area (Å²) in [5.41, 5.74) is 1.91. The zero-order chi connectivity index (χ0) is 20.5. The van der Waals surface area contributed by atoms with Crippen molar-refractivity contribution in [3.05, 3.63) is 65.7 Å². The first kappa shape index (κ1) is 20.9. The SMILES string of the molecule is CCOc1ccc(CCC2CCN(C(=O)CNC(=O)c3ccccc3)CC2)cc1. The van der Waals surface area contributed by atoms with Crippen LogP contribution < -0.4 is 10.1 Å². The number of hydrogen-bond donors (Lipinski definition) is 1. The third-order valence-electron chi connectivity index (χ3n) is 5.48. The minimum absolute atomic E-state index is 0.000700. The van der Waals surface area contributed by atoms with Gasteiger partial charge in [-0.3, -0.25) is 9.59 Å². The van der Waals surface area contributed by atoms with Gasteiger partial charge < -0.3 is 15.0 Å². The maximum atomic E-state index is 12.4. The van der Waals surface area contributed by atoms with E-state index in [1.807, 2.05) is 42.2 Å². The largest absolute Gasteiger partial charge is 0.494 e. The van der Waals surface area contributed by atoms with E-state index in [-0.39, 0.29) is 18.4 Å². The molecular formula is C24H30N2O3. The molecule has 0 spiro atoms. The molecule has 1 saturated heterocycles. The number of likely N-dealkylation sites (tertiary alicyclic amines) is 1. The number of carbonyl (C=O) groups excluding carboxylic acids is 2. The van der Waals surface area contributed by atoms with E-state index in [4.69, 9.17) is 4.74 Å². The number of aryl methyl sites for hydroxylation is 1. The fraction of sp³-hybridized carbons (Fsp3) is 0.417. The molecule has 1 N–H and O–H groups in total. The van der Waals surface area contributed by atoms with Crippen molar-refractivity contribution in [2.75, 3.05) is 26.2 Å². The number of carbonyl (C=O) groups is 2. The van der Waals surface area contributed by atoms with Crippen molar-refractivity contribution < 1.29 is 14.3 Å². The Hall–Kier alpha value is -2.82. The third-order valence-corrected chi connectivity index (χ3v) is 5.48. The molecule has 5 nitrogen and oxygen atoms in total. The van der Waals surface area contributed by atoms with Gasteiger partial charge in [0.15, 0.2) is 0 Å². The molecule has 2 aromatic rings. The molecule has 0 atom stereocenters. The molecule has 1 heterocycles. The lowest BCUT2D eigenvalue weighted by Crippen LogP contribution is -2.44. The zero-order valence-corrected chi connectivity index (χ0v) is 17.1. The Labute approximate surface area is 173 Å². The van der Waals surface area contributed by atoms with E-state index in [0.29, 0.717) is 18.1 Å². The first-order valence-electron chi connectivity index (χ1n) is 10.5. The summed E-state index contributed by atoms with van der Waals surface area (Å²) in [5.74, 6) is 1.36. The van der Waals surface area contributed by atoms with Gasteiger partial charge in [0.2, 0.25) is 5.91 Å². The van der Waals surface area contributed by atoms with Crippen molar-refractivity contribution in [2.24, 2.45) is 5.92 Å². The lowest BCUT2D eigenvalue weighted by molar-refractivity contribution is -0.131. The number of rotatable bonds is 8. The highest BCUT2D eigenvalue weighted by molar-refractivity contribution is 5.96. The van der Waals surface area contributed by atoms with E-state index in [0.717, 1.165) is 44.5 Å². The lowest BCUT2D eigenvalue weighted by Gasteiger charge is -2.32. The Morgan fingerprint density at radius 2 is 1.72 bits per heavy atom. The Morgan fingerprint density at radius 1 is 1.03 bits per heavy atom. The van der Waals surface area contributed by atoms with E-state index in [1.165, 1.54) is 5.56 Å². The van der Waals surface area contributed by atoms with Crippen molar-refractivity contribution >= 4 is 11.8 Å². The van der Waals surface area contributed by atoms with Gasteiger partial charge in [0, 0.05) is 18.7 Å². The molecule has 5 heteroatoms. The molecule has 1 fully saturated rings. The van der Waals surface area contributed by atoms with E-state index < -0.39 is 0 Å². The number of hydrogen-bond acceptors (Lipinski definition) is 3. The van der Waals surface area contributed by atoms with E-state index in [1.54, 1.807) is 12.1 Å². The van der Waals surface area contributed by atoms with Crippen LogP contribution in [0.25, 0.3) is 0 Å². The monoisotopic (exact) mass is 394 g/mol. The standard InChI is InChI=1S/C24H30N2O3/c1-2-29-22-12-10-19(11-13-22)8-9-20-14-16-26(17-15-20)23(27)18-25-24(28)21-6-4-3-5-7-21/h3-7,10-13,20H,2,8-9,14-18H2,1H3,(H,25,28). The van der Waals surface area contributed by atoms with Crippen LogP contribution in [0.5, 0.6) is 5.75 Å². The summed E-state index contributed by atoms with van der Waals surface area (Å²) < 4.78 is 5.49. The highest BCUT2D eigenvalue weighted by atomic mass is 16.5. The van der Waals surface area contributed by atoms with Crippen LogP contribution in [0.15, 0.2) is 54.6 Å². The average molecular weight is 395 g/mol. The smallest absolute Gasteiger partial charge is 0.251 e. The lowest BCUT2D eigenvalue weighted by atomic mass is 9.90. The number of benzene rings is 2. The van der Waals surface area contributed by atoms with E-state index >= 15 is 0 Å². The minimum Gasteiger partial charge on any atom is -0.494 e. The predicted octanol–water partition coefficient (Wildman–Crippen LogP) is 3.69. The fourth-order valence-electron chi connectivity index (χ4n) is 3.72. The molecule has 0 aromatic heterocycles. The van der Waals surface area contributed by atoms with Crippen LogP contribution in [0.1, 0.15) is 42.1 Å². The van der Waals surface area contributed by atoms with Gasteiger partial charge in [-0.25, -0.2) is 0 Å². The molecule has 0 saturated carbocycles. The molecule has 2 amide bonds. The Kier molecular flexibility index (Phi) is 7.68. The van der Waals surface area contributed by atoms with Crippen LogP contribution in [0, 0.1) is 5.92 Å². The van der Waals surface area contributed by atoms with Crippen LogP contribution in [0.2, 0.25) is 0 Å². The van der Waals surface area contributed by atoms with Crippen LogP contribution >= 0.6 is 0 Å². The van der Waals surface area contributed by atoms with Crippen LogP contribution in [0.3, 0.4) is 0 Å². The molecule has 0 unspecified atom stereocenters. The van der Waals surface area contributed by atoms with Crippen molar-refractivity contribution in [1.29, 1.82) is 0 Å². The Morgan fingerprint density at radius 3 is 2.38 bits per heavy atom. The number of nitrogens with zero attached hydrogens (tertiary/aromatic N) is 1. The molecule has 2 aromatic carbocycles. The van der Waals surface area contributed by atoms with E-state index in [9.17, 15) is 9.59 Å². The second kappa shape index (κ2) is 10.6. The number of amides is 2. The minimum atomic E-state index is -0.204. The van der Waals surface area contributed by atoms with Gasteiger partial charge in [-0.1, -0.05) is 30.3 Å². The molecule has 0 aliphatic carbocycles. The van der Waals surface area contributed by atoms with Crippen molar-refractivity contribution in [3.8, 4) is 5.75 Å². The normalized spacial score (nSPS) is 14.4. The summed E-state index contributed by atoms with van der Waals surface area (Å²) in [6, 6.07) is 17.3. The maximum absolute atomic E-state index is 12.4. The third kappa shape index (κ3) is 6.34. The molecular weight excluding hydrogens is 364 g/mol. The van der Waals surface area contributed by atoms with Gasteiger partial charge in [0.25, 0.3) is 5.91 Å². The molecule has 0 radical (unpaired) electrons. The van der Waals surface area contributed by atoms with Crippen LogP contribution in [-0.4, -0.2) is 43.0 Å². The Balaban J connectivity index is 1.36. The summed E-state index contributed by atoms with van der Waals surface area (Å²) >= 11 is 0. The average Bonchev–Trinajstić information content (AvgIpc) is 2.78. The summed E-state index contributed by atoms with van der Waals surface area (Å²) in [6.07, 6.45) is 4.24. The number of ether oxygens (including phenoxy) is 1. The number of nitrogens with one attached hydrogen (secondary N) is 1. The molecule has 1 aliphatic rings. The maximum Gasteiger partial charge on any atom is 0.251 e. The van der Waals surface area contributed by atoms with Crippen molar-refractivity contribution in [2.45, 2.75) is 32.6 Å². The summed E-state index contributed by atoms with van der Waals surface area (Å²) in [7, 11) is 0. The molecule has 0 bridgehead atoms. The summed E-state index contributed by atoms with van der Waals surface area (Å²) in [5, 5.41) is 2.73. The summed E-state index contributed by atoms with van der Waals surface area (Å²) in [4.78, 5) is 26.3. The molecule has 29 heavy (non-hydrogen) atoms. The first-order valence-corrected chi connectivity index (χ1v) is 10.5. The van der Waals surface area contributed by atoms with Crippen molar-refractivity contribution in [1.82, 2.24) is 10.2 Å². The first-order chi connectivity index (χ1) is 14.2. The second-order valence-electron chi connectivity index (χ2n) is 7.49. The highest BCUT2D eigenvalue weighted by Crippen LogP contribution is 2.23. The van der Waals surface area contributed by atoms with Gasteiger partial charge >= 0.3 is 0 Å².